The lowest BCUT2D eigenvalue weighted by atomic mass is 9.95. The number of ether oxygens (including phenoxy) is 16. The lowest BCUT2D eigenvalue weighted by molar-refractivity contribution is -0.396. The summed E-state index contributed by atoms with van der Waals surface area (Å²) in [4.78, 5) is 0. The monoisotopic (exact) mass is 1750 g/mol. The molecule has 30 saturated heterocycles. The number of hydrogen-bond donors (Lipinski definition) is 16. The molecule has 0 aromatic heterocycles. The third-order valence-electron chi connectivity index (χ3n) is 16.7. The van der Waals surface area contributed by atoms with Crippen molar-refractivity contribution in [3.8, 4) is 0 Å². The number of halogens is 8. The number of aliphatic hydroxyl groups is 16. The topological polar surface area (TPSA) is 471 Å². The Morgan fingerprint density at radius 1 is 0.182 bits per heavy atom. The van der Waals surface area contributed by atoms with E-state index in [0.717, 1.165) is 0 Å². The molecule has 0 radical (unpaired) electrons. The lowest BCUT2D eigenvalue weighted by Crippen LogP contribution is -2.68. The smallest absolute Gasteiger partial charge is 0.187 e. The molecule has 16 N–H and O–H groups in total. The zero-order valence-electron chi connectivity index (χ0n) is 45.5. The maximum atomic E-state index is 11.6. The van der Waals surface area contributed by atoms with Crippen LogP contribution < -0.4 is 0 Å². The van der Waals surface area contributed by atoms with Gasteiger partial charge >= 0.3 is 0 Å². The van der Waals surface area contributed by atoms with E-state index in [0.29, 0.717) is 0 Å². The van der Waals surface area contributed by atoms with Gasteiger partial charge in [0.1, 0.15) is 153 Å². The molecule has 40 atom stereocenters. The Morgan fingerprint density at radius 2 is 0.295 bits per heavy atom. The Hall–Kier alpha value is 2.37. The van der Waals surface area contributed by atoms with Crippen molar-refractivity contribution in [3.05, 3.63) is 0 Å². The zero-order chi connectivity index (χ0) is 64.1. The molecular formula is C48H72Br7ClO32. The maximum Gasteiger partial charge on any atom is 0.187 e. The molecule has 88 heavy (non-hydrogen) atoms. The van der Waals surface area contributed by atoms with Crippen molar-refractivity contribution >= 4 is 123 Å². The SMILES string of the molecule is O[C@@H]1[C@@H](O)[C@H]2O[C@H]3[C@H](O)[C@@H](O)[C@@H](O[C@H]4[C@H](O)[C@@H](O)[C@@H](O[C@H]5[C@H](O)[C@@H](O)[C@@H](O[C@H]6[C@H](O)[C@@H](O)[C@@H](O[C@H]7[C@H](O)[C@@H](O)[C@@H](O[C@H]8[C@H](O)[C@@H](O)[C@@H](O[C@H]9[C@H](O)[C@@H](O)[C@@H](O[C@@H]1[C@@H](CCl)O2)O[C@@H]9CBr)O[C@@H]8CBr)O[C@@H]7CBr)O[C@@H]6CBr)O[C@@H]5CBr)O[C@@H]4CBr)O[C@@H]3CBr. The van der Waals surface area contributed by atoms with E-state index in [4.69, 9.17) is 87.4 Å². The van der Waals surface area contributed by atoms with Crippen LogP contribution in [-0.4, -0.2) is 371 Å². The van der Waals surface area contributed by atoms with Crippen LogP contribution in [0.15, 0.2) is 0 Å². The molecule has 30 aliphatic rings. The minimum atomic E-state index is -2.02. The van der Waals surface area contributed by atoms with Crippen molar-refractivity contribution < 1.29 is 157 Å². The number of alkyl halides is 8. The van der Waals surface area contributed by atoms with E-state index in [9.17, 15) is 81.7 Å². The largest absolute Gasteiger partial charge is 0.387 e. The molecule has 512 valence electrons. The first-order valence-electron chi connectivity index (χ1n) is 27.7. The van der Waals surface area contributed by atoms with Crippen molar-refractivity contribution in [1.82, 2.24) is 0 Å². The molecule has 30 rings (SSSR count). The Bertz CT molecular complexity index is 1740. The molecule has 30 heterocycles. The second-order valence-electron chi connectivity index (χ2n) is 22.2. The van der Waals surface area contributed by atoms with E-state index >= 15 is 0 Å². The Morgan fingerprint density at radius 3 is 0.409 bits per heavy atom. The van der Waals surface area contributed by atoms with Crippen molar-refractivity contribution in [1.29, 1.82) is 0 Å². The summed E-state index contributed by atoms with van der Waals surface area (Å²) in [6.07, 6.45) is -68.4. The van der Waals surface area contributed by atoms with Gasteiger partial charge in [-0.2, -0.15) is 0 Å². The van der Waals surface area contributed by atoms with Crippen LogP contribution in [0, 0.1) is 0 Å². The molecule has 30 aliphatic heterocycles. The standard InChI is InChI=1S/C48H72Br7ClO32/c49-1-9-33-17(57)25(65)41(73-9)82-34-10(2-50)75-43(27(67)19(34)59)84-36-12(4-52)77-45(29(69)21(36)61)86-38-14(6-54)79-47(31(71)23(38)63)88-40-16(8-56)80-48(32(72)24(40)64)87-39-15(7-55)78-46(30(70)22(39)62)85-37-13(5-53)76-44(28(68)20(37)60)83-35-11(3-51)74-42(81-33)26(66)18(35)58/h9-48,57-72H,1-8H2/t9-,10-,11-,12-,13-,14-,15-,16-,17-,18-,19-,20-,21-,22-,23-,24-,25-,26-,27-,28-,29-,30-,31-,32-,33-,34-,35-,36-,37-,38-,39-,40-,41-,42-,43-,44-,45-,46-,47-,48-/m1/s1. The normalized spacial score (nSPS) is 55.4. The van der Waals surface area contributed by atoms with E-state index in [2.05, 4.69) is 112 Å². The first kappa shape index (κ1) is 74.6. The Labute approximate surface area is 565 Å². The van der Waals surface area contributed by atoms with Gasteiger partial charge in [-0.15, -0.1) is 11.6 Å². The fraction of sp³-hybridized carbons (Fsp3) is 1.00. The average Bonchev–Trinajstić information content (AvgIpc) is 1.09. The minimum Gasteiger partial charge on any atom is -0.387 e. The van der Waals surface area contributed by atoms with E-state index in [1.165, 1.54) is 0 Å². The number of hydrogen-bond acceptors (Lipinski definition) is 32. The van der Waals surface area contributed by atoms with Gasteiger partial charge in [0.2, 0.25) is 0 Å². The van der Waals surface area contributed by atoms with E-state index in [-0.39, 0.29) is 37.3 Å². The highest BCUT2D eigenvalue weighted by Crippen LogP contribution is 2.41. The fourth-order valence-corrected chi connectivity index (χ4v) is 15.6. The molecule has 0 aromatic rings. The predicted molar refractivity (Wildman–Crippen MR) is 312 cm³/mol. The third-order valence-corrected chi connectivity index (χ3v) is 21.4. The molecule has 0 amide bonds. The summed E-state index contributed by atoms with van der Waals surface area (Å²) in [5, 5.41) is 184. The highest BCUT2D eigenvalue weighted by molar-refractivity contribution is 9.10. The molecule has 30 fully saturated rings. The van der Waals surface area contributed by atoms with E-state index in [1.54, 1.807) is 0 Å². The van der Waals surface area contributed by atoms with Gasteiger partial charge in [-0.05, 0) is 0 Å². The molecule has 0 aromatic carbocycles. The van der Waals surface area contributed by atoms with Gasteiger partial charge < -0.3 is 157 Å². The summed E-state index contributed by atoms with van der Waals surface area (Å²) in [5.74, 6) is -0.471. The van der Waals surface area contributed by atoms with Crippen LogP contribution in [0.5, 0.6) is 0 Å². The number of aliphatic hydroxyl groups excluding tert-OH is 16. The maximum absolute atomic E-state index is 11.6. The summed E-state index contributed by atoms with van der Waals surface area (Å²) >= 11 is 29.4. The lowest BCUT2D eigenvalue weighted by Gasteiger charge is -2.50. The summed E-state index contributed by atoms with van der Waals surface area (Å²) < 4.78 is 96.3. The minimum absolute atomic E-state index is 0.133. The number of rotatable bonds is 8. The predicted octanol–water partition coefficient (Wildman–Crippen LogP) is -6.34. The highest BCUT2D eigenvalue weighted by atomic mass is 79.9. The van der Waals surface area contributed by atoms with E-state index in [1.807, 2.05) is 0 Å². The Balaban J connectivity index is 0.975. The average molecular weight is 1760 g/mol. The summed E-state index contributed by atoms with van der Waals surface area (Å²) in [6, 6.07) is 0. The van der Waals surface area contributed by atoms with Crippen LogP contribution in [0.25, 0.3) is 0 Å². The van der Waals surface area contributed by atoms with Crippen molar-refractivity contribution in [2.75, 3.05) is 43.2 Å². The summed E-state index contributed by atoms with van der Waals surface area (Å²) in [7, 11) is 0. The van der Waals surface area contributed by atoms with Crippen LogP contribution in [0.1, 0.15) is 0 Å². The van der Waals surface area contributed by atoms with Gasteiger partial charge in [0, 0.05) is 37.3 Å². The molecule has 0 saturated carbocycles. The fourth-order valence-electron chi connectivity index (χ4n) is 11.7. The van der Waals surface area contributed by atoms with Gasteiger partial charge in [0.25, 0.3) is 0 Å². The molecule has 16 bridgehead atoms. The first-order chi connectivity index (χ1) is 41.9. The van der Waals surface area contributed by atoms with Gasteiger partial charge in [0.05, 0.1) is 48.6 Å². The molecule has 0 aliphatic carbocycles. The van der Waals surface area contributed by atoms with Crippen LogP contribution in [0.2, 0.25) is 0 Å². The molecule has 0 unspecified atom stereocenters. The zero-order valence-corrected chi connectivity index (χ0v) is 57.3. The highest BCUT2D eigenvalue weighted by Gasteiger charge is 2.60. The van der Waals surface area contributed by atoms with Crippen molar-refractivity contribution in [2.45, 2.75) is 246 Å². The Kier molecular flexibility index (Phi) is 27.6. The van der Waals surface area contributed by atoms with Crippen molar-refractivity contribution in [2.24, 2.45) is 0 Å². The van der Waals surface area contributed by atoms with Gasteiger partial charge in [-0.3, -0.25) is 0 Å². The van der Waals surface area contributed by atoms with Crippen LogP contribution in [-0.2, 0) is 75.8 Å². The molecule has 0 spiro atoms. The quantitative estimate of drug-likeness (QED) is 0.101. The van der Waals surface area contributed by atoms with Crippen LogP contribution in [0.3, 0.4) is 0 Å². The second kappa shape index (κ2) is 32.6. The van der Waals surface area contributed by atoms with Gasteiger partial charge in [-0.1, -0.05) is 112 Å². The second-order valence-corrected chi connectivity index (χ2v) is 27.1. The third kappa shape index (κ3) is 15.2. The molecular weight excluding hydrogens is 1680 g/mol. The molecule has 40 heteroatoms. The van der Waals surface area contributed by atoms with Gasteiger partial charge in [0.15, 0.2) is 50.3 Å². The molecule has 32 nitrogen and oxygen atoms in total. The van der Waals surface area contributed by atoms with Crippen LogP contribution in [0.4, 0.5) is 0 Å². The van der Waals surface area contributed by atoms with E-state index < -0.39 is 252 Å². The summed E-state index contributed by atoms with van der Waals surface area (Å²) in [6.45, 7) is 0. The van der Waals surface area contributed by atoms with Crippen molar-refractivity contribution in [3.63, 3.8) is 0 Å². The van der Waals surface area contributed by atoms with Gasteiger partial charge in [-0.25, -0.2) is 0 Å². The first-order valence-corrected chi connectivity index (χ1v) is 36.1. The van der Waals surface area contributed by atoms with Crippen LogP contribution >= 0.6 is 123 Å². The summed E-state index contributed by atoms with van der Waals surface area (Å²) in [5.41, 5.74) is 0.